The Hall–Kier alpha value is -1.11. The number of hydrogen-bond donors (Lipinski definition) is 2. The van der Waals surface area contributed by atoms with Gasteiger partial charge in [0.1, 0.15) is 5.84 Å². The summed E-state index contributed by atoms with van der Waals surface area (Å²) >= 11 is 3.43. The largest absolute Gasteiger partial charge is 0.386 e. The summed E-state index contributed by atoms with van der Waals surface area (Å²) in [7, 11) is 4.08. The fourth-order valence-electron chi connectivity index (χ4n) is 1.77. The lowest BCUT2D eigenvalue weighted by Crippen LogP contribution is -2.34. The van der Waals surface area contributed by atoms with Gasteiger partial charge in [0.25, 0.3) is 0 Å². The molecular weight excluding hydrogens is 306 g/mol. The lowest BCUT2D eigenvalue weighted by Gasteiger charge is -2.26. The highest BCUT2D eigenvalue weighted by Gasteiger charge is 2.17. The molecule has 1 unspecified atom stereocenters. The zero-order valence-corrected chi connectivity index (χ0v) is 13.3. The molecule has 5 nitrogen and oxygen atoms in total. The second-order valence-corrected chi connectivity index (χ2v) is 5.70. The number of nitrogens with two attached hydrogens (primary N) is 2. The third kappa shape index (κ3) is 5.59. The smallest absolute Gasteiger partial charge is 0.118 e. The summed E-state index contributed by atoms with van der Waals surface area (Å²) in [6.45, 7) is 2.65. The van der Waals surface area contributed by atoms with E-state index in [0.29, 0.717) is 5.84 Å². The van der Waals surface area contributed by atoms with Gasteiger partial charge in [-0.25, -0.2) is 11.0 Å². The molecule has 1 aromatic rings. The first-order valence-electron chi connectivity index (χ1n) is 6.15. The minimum Gasteiger partial charge on any atom is -0.386 e. The van der Waals surface area contributed by atoms with Crippen LogP contribution in [0.2, 0.25) is 0 Å². The number of hydrazine groups is 1. The van der Waals surface area contributed by atoms with E-state index in [1.165, 1.54) is 5.12 Å². The average Bonchev–Trinajstić information content (AvgIpc) is 2.30. The Morgan fingerprint density at radius 3 is 2.37 bits per heavy atom. The first-order chi connectivity index (χ1) is 8.90. The van der Waals surface area contributed by atoms with E-state index in [1.807, 2.05) is 38.4 Å². The molecular formula is C13H22BrN5. The minimum atomic E-state index is 0.00833. The summed E-state index contributed by atoms with van der Waals surface area (Å²) in [5.41, 5.74) is 6.72. The molecule has 0 saturated heterocycles. The molecule has 0 spiro atoms. The molecule has 0 aliphatic rings. The van der Waals surface area contributed by atoms with Crippen molar-refractivity contribution in [2.75, 3.05) is 20.6 Å². The van der Waals surface area contributed by atoms with Gasteiger partial charge in [-0.1, -0.05) is 28.1 Å². The van der Waals surface area contributed by atoms with Crippen LogP contribution in [0.5, 0.6) is 0 Å². The van der Waals surface area contributed by atoms with Crippen molar-refractivity contribution in [2.45, 2.75) is 19.4 Å². The summed E-state index contributed by atoms with van der Waals surface area (Å²) in [4.78, 5) is 2.12. The molecule has 0 heterocycles. The summed E-state index contributed by atoms with van der Waals surface area (Å²) in [6.07, 6.45) is 0.877. The molecule has 0 radical (unpaired) electrons. The van der Waals surface area contributed by atoms with Crippen molar-refractivity contribution in [3.8, 4) is 0 Å². The Morgan fingerprint density at radius 1 is 1.32 bits per heavy atom. The molecule has 0 aliphatic carbocycles. The van der Waals surface area contributed by atoms with Gasteiger partial charge in [-0.15, -0.1) is 5.10 Å². The molecule has 1 aromatic carbocycles. The Morgan fingerprint density at radius 2 is 1.89 bits per heavy atom. The predicted molar refractivity (Wildman–Crippen MR) is 83.4 cm³/mol. The highest BCUT2D eigenvalue weighted by molar-refractivity contribution is 9.10. The zero-order valence-electron chi connectivity index (χ0n) is 11.7. The number of benzene rings is 1. The average molecular weight is 328 g/mol. The molecule has 19 heavy (non-hydrogen) atoms. The van der Waals surface area contributed by atoms with E-state index < -0.39 is 0 Å². The maximum absolute atomic E-state index is 6.01. The Kier molecular flexibility index (Phi) is 6.27. The van der Waals surface area contributed by atoms with Crippen LogP contribution < -0.4 is 11.6 Å². The molecule has 6 heteroatoms. The Bertz CT molecular complexity index is 412. The van der Waals surface area contributed by atoms with Gasteiger partial charge >= 0.3 is 0 Å². The van der Waals surface area contributed by atoms with Crippen LogP contribution in [0.3, 0.4) is 0 Å². The van der Waals surface area contributed by atoms with Gasteiger partial charge in [0.15, 0.2) is 0 Å². The SMILES string of the molecule is C/C(N)=N/N(N)C(CCN(C)C)c1ccc(Br)cc1. The first kappa shape index (κ1) is 15.9. The van der Waals surface area contributed by atoms with Gasteiger partial charge < -0.3 is 10.6 Å². The lowest BCUT2D eigenvalue weighted by atomic mass is 10.0. The first-order valence-corrected chi connectivity index (χ1v) is 6.94. The zero-order chi connectivity index (χ0) is 14.4. The quantitative estimate of drug-likeness (QED) is 0.362. The van der Waals surface area contributed by atoms with E-state index in [-0.39, 0.29) is 6.04 Å². The number of hydrazone groups is 1. The maximum Gasteiger partial charge on any atom is 0.118 e. The van der Waals surface area contributed by atoms with Crippen LogP contribution in [0.25, 0.3) is 0 Å². The Balaban J connectivity index is 2.91. The second kappa shape index (κ2) is 7.47. The van der Waals surface area contributed by atoms with Crippen molar-refractivity contribution in [1.29, 1.82) is 0 Å². The van der Waals surface area contributed by atoms with Crippen molar-refractivity contribution in [1.82, 2.24) is 10.0 Å². The molecule has 0 aromatic heterocycles. The van der Waals surface area contributed by atoms with Crippen LogP contribution in [-0.4, -0.2) is 36.5 Å². The van der Waals surface area contributed by atoms with Crippen molar-refractivity contribution in [3.63, 3.8) is 0 Å². The van der Waals surface area contributed by atoms with E-state index in [9.17, 15) is 0 Å². The minimum absolute atomic E-state index is 0.00833. The summed E-state index contributed by atoms with van der Waals surface area (Å²) in [6, 6.07) is 8.11. The van der Waals surface area contributed by atoms with Crippen molar-refractivity contribution < 1.29 is 0 Å². The molecule has 1 atom stereocenters. The maximum atomic E-state index is 6.01. The summed E-state index contributed by atoms with van der Waals surface area (Å²) < 4.78 is 1.05. The van der Waals surface area contributed by atoms with Crippen LogP contribution >= 0.6 is 15.9 Å². The van der Waals surface area contributed by atoms with Crippen LogP contribution in [0.4, 0.5) is 0 Å². The normalized spacial score (nSPS) is 13.7. The van der Waals surface area contributed by atoms with Gasteiger partial charge in [0.2, 0.25) is 0 Å². The number of amidine groups is 1. The third-order valence-electron chi connectivity index (χ3n) is 2.70. The second-order valence-electron chi connectivity index (χ2n) is 4.78. The molecule has 0 amide bonds. The number of rotatable bonds is 6. The van der Waals surface area contributed by atoms with Crippen molar-refractivity contribution in [2.24, 2.45) is 16.7 Å². The molecule has 0 fully saturated rings. The molecule has 106 valence electrons. The van der Waals surface area contributed by atoms with Crippen LogP contribution in [-0.2, 0) is 0 Å². The Labute approximate surface area is 123 Å². The highest BCUT2D eigenvalue weighted by Crippen LogP contribution is 2.24. The van der Waals surface area contributed by atoms with Gasteiger partial charge in [0.05, 0.1) is 6.04 Å². The molecule has 0 saturated carbocycles. The van der Waals surface area contributed by atoms with Gasteiger partial charge in [-0.05, 0) is 51.7 Å². The number of hydrogen-bond acceptors (Lipinski definition) is 4. The van der Waals surface area contributed by atoms with E-state index >= 15 is 0 Å². The van der Waals surface area contributed by atoms with Gasteiger partial charge in [-0.3, -0.25) is 0 Å². The number of nitrogens with zero attached hydrogens (tertiary/aromatic N) is 3. The summed E-state index contributed by atoms with van der Waals surface area (Å²) in [5, 5.41) is 5.58. The van der Waals surface area contributed by atoms with E-state index in [1.54, 1.807) is 6.92 Å². The fraction of sp³-hybridized carbons (Fsp3) is 0.462. The van der Waals surface area contributed by atoms with Crippen molar-refractivity contribution >= 4 is 21.8 Å². The topological polar surface area (TPSA) is 70.9 Å². The molecule has 4 N–H and O–H groups in total. The van der Waals surface area contributed by atoms with E-state index in [0.717, 1.165) is 23.0 Å². The number of halogens is 1. The molecule has 0 aliphatic heterocycles. The monoisotopic (exact) mass is 327 g/mol. The van der Waals surface area contributed by atoms with Crippen LogP contribution in [0.15, 0.2) is 33.8 Å². The standard InChI is InChI=1S/C13H22BrN5/c1-10(15)17-19(16)13(8-9-18(2)3)11-4-6-12(14)7-5-11/h4-7,13H,8-9,16H2,1-3H3,(H2,15,17). The molecule has 0 bridgehead atoms. The van der Waals surface area contributed by atoms with Gasteiger partial charge in [0, 0.05) is 4.47 Å². The van der Waals surface area contributed by atoms with E-state index in [4.69, 9.17) is 11.6 Å². The van der Waals surface area contributed by atoms with Crippen molar-refractivity contribution in [3.05, 3.63) is 34.3 Å². The lowest BCUT2D eigenvalue weighted by molar-refractivity contribution is 0.186. The van der Waals surface area contributed by atoms with Crippen LogP contribution in [0, 0.1) is 0 Å². The fourth-order valence-corrected chi connectivity index (χ4v) is 2.03. The van der Waals surface area contributed by atoms with E-state index in [2.05, 4.69) is 25.9 Å². The van der Waals surface area contributed by atoms with Gasteiger partial charge in [-0.2, -0.15) is 0 Å². The predicted octanol–water partition coefficient (Wildman–Crippen LogP) is 1.91. The highest BCUT2D eigenvalue weighted by atomic mass is 79.9. The van der Waals surface area contributed by atoms with Crippen LogP contribution in [0.1, 0.15) is 24.9 Å². The molecule has 1 rings (SSSR count). The third-order valence-corrected chi connectivity index (χ3v) is 3.23. The summed E-state index contributed by atoms with van der Waals surface area (Å²) in [5.74, 6) is 6.46.